The van der Waals surface area contributed by atoms with Crippen molar-refractivity contribution < 1.29 is 17.9 Å². The van der Waals surface area contributed by atoms with E-state index < -0.39 is 15.9 Å². The molecule has 3 aromatic rings. The number of halogens is 1. The van der Waals surface area contributed by atoms with Gasteiger partial charge in [0.05, 0.1) is 21.7 Å². The molecule has 1 amide bonds. The van der Waals surface area contributed by atoms with Gasteiger partial charge in [-0.2, -0.15) is 0 Å². The number of aryl methyl sites for hydroxylation is 1. The molecular formula is C24H24BrNO4S. The second kappa shape index (κ2) is 10.6. The number of ether oxygens (including phenoxy) is 1. The highest BCUT2D eigenvalue weighted by molar-refractivity contribution is 9.10. The Morgan fingerprint density at radius 1 is 0.968 bits per heavy atom. The van der Waals surface area contributed by atoms with Gasteiger partial charge in [-0.15, -0.1) is 0 Å². The Balaban J connectivity index is 1.71. The number of carbonyl (C=O) groups excluding carboxylic acids is 1. The second-order valence-corrected chi connectivity index (χ2v) is 9.52. The molecule has 0 saturated heterocycles. The third kappa shape index (κ3) is 5.74. The van der Waals surface area contributed by atoms with Crippen LogP contribution in [0.25, 0.3) is 0 Å². The van der Waals surface area contributed by atoms with Crippen LogP contribution in [-0.4, -0.2) is 20.9 Å². The molecule has 0 atom stereocenters. The SMILES string of the molecule is CCc1ccc(OCCCC(=O)N(c2ccccc2)S(=O)(=O)c2ccccc2)c(Br)c1. The summed E-state index contributed by atoms with van der Waals surface area (Å²) in [5.74, 6) is 0.195. The second-order valence-electron chi connectivity index (χ2n) is 6.88. The number of para-hydroxylation sites is 1. The largest absolute Gasteiger partial charge is 0.492 e. The van der Waals surface area contributed by atoms with Crippen LogP contribution in [-0.2, 0) is 21.2 Å². The van der Waals surface area contributed by atoms with E-state index in [0.717, 1.165) is 15.2 Å². The minimum Gasteiger partial charge on any atom is -0.492 e. The predicted molar refractivity (Wildman–Crippen MR) is 126 cm³/mol. The zero-order valence-corrected chi connectivity index (χ0v) is 19.6. The van der Waals surface area contributed by atoms with Crippen molar-refractivity contribution in [3.8, 4) is 5.75 Å². The fourth-order valence-corrected chi connectivity index (χ4v) is 5.08. The Kier molecular flexibility index (Phi) is 7.87. The monoisotopic (exact) mass is 501 g/mol. The number of rotatable bonds is 9. The fraction of sp³-hybridized carbons (Fsp3) is 0.208. The quantitative estimate of drug-likeness (QED) is 0.358. The molecule has 0 unspecified atom stereocenters. The smallest absolute Gasteiger partial charge is 0.270 e. The highest BCUT2D eigenvalue weighted by Crippen LogP contribution is 2.27. The number of amides is 1. The summed E-state index contributed by atoms with van der Waals surface area (Å²) < 4.78 is 33.9. The molecule has 0 N–H and O–H groups in total. The predicted octanol–water partition coefficient (Wildman–Crippen LogP) is 5.59. The number of sulfonamides is 1. The lowest BCUT2D eigenvalue weighted by atomic mass is 10.2. The molecule has 0 aliphatic rings. The van der Waals surface area contributed by atoms with Gasteiger partial charge in [0.1, 0.15) is 5.75 Å². The van der Waals surface area contributed by atoms with Crippen LogP contribution in [0.3, 0.4) is 0 Å². The summed E-state index contributed by atoms with van der Waals surface area (Å²) in [6.07, 6.45) is 1.35. The summed E-state index contributed by atoms with van der Waals surface area (Å²) >= 11 is 3.50. The average molecular weight is 502 g/mol. The molecule has 0 aliphatic carbocycles. The van der Waals surface area contributed by atoms with E-state index >= 15 is 0 Å². The molecule has 0 spiro atoms. The Hall–Kier alpha value is -2.64. The summed E-state index contributed by atoms with van der Waals surface area (Å²) in [5.41, 5.74) is 1.51. The van der Waals surface area contributed by atoms with E-state index in [2.05, 4.69) is 22.9 Å². The van der Waals surface area contributed by atoms with E-state index in [9.17, 15) is 13.2 Å². The average Bonchev–Trinajstić information content (AvgIpc) is 2.78. The van der Waals surface area contributed by atoms with Crippen LogP contribution in [0.15, 0.2) is 88.2 Å². The van der Waals surface area contributed by atoms with Gasteiger partial charge in [-0.1, -0.05) is 49.4 Å². The van der Waals surface area contributed by atoms with Crippen LogP contribution < -0.4 is 9.04 Å². The molecule has 162 valence electrons. The lowest BCUT2D eigenvalue weighted by Crippen LogP contribution is -2.37. The van der Waals surface area contributed by atoms with Gasteiger partial charge < -0.3 is 4.74 Å². The molecule has 7 heteroatoms. The third-order valence-corrected chi connectivity index (χ3v) is 7.08. The van der Waals surface area contributed by atoms with Crippen molar-refractivity contribution in [2.24, 2.45) is 0 Å². The minimum absolute atomic E-state index is 0.0334. The van der Waals surface area contributed by atoms with Crippen LogP contribution in [0.1, 0.15) is 25.3 Å². The lowest BCUT2D eigenvalue weighted by Gasteiger charge is -2.22. The molecule has 5 nitrogen and oxygen atoms in total. The van der Waals surface area contributed by atoms with E-state index in [-0.39, 0.29) is 11.3 Å². The van der Waals surface area contributed by atoms with Crippen molar-refractivity contribution in [1.29, 1.82) is 0 Å². The van der Waals surface area contributed by atoms with E-state index in [0.29, 0.717) is 24.5 Å². The fourth-order valence-electron chi connectivity index (χ4n) is 3.07. The van der Waals surface area contributed by atoms with Crippen LogP contribution in [0.5, 0.6) is 5.75 Å². The van der Waals surface area contributed by atoms with Gasteiger partial charge in [0.25, 0.3) is 10.0 Å². The van der Waals surface area contributed by atoms with Gasteiger partial charge in [-0.25, -0.2) is 12.7 Å². The number of carbonyl (C=O) groups is 1. The van der Waals surface area contributed by atoms with Crippen LogP contribution >= 0.6 is 15.9 Å². The molecule has 0 radical (unpaired) electrons. The van der Waals surface area contributed by atoms with Crippen LogP contribution in [0.4, 0.5) is 5.69 Å². The first kappa shape index (κ1) is 23.0. The number of hydrogen-bond donors (Lipinski definition) is 0. The van der Waals surface area contributed by atoms with E-state index in [1.165, 1.54) is 17.7 Å². The first-order chi connectivity index (χ1) is 14.9. The Bertz CT molecular complexity index is 1120. The van der Waals surface area contributed by atoms with Gasteiger partial charge in [0, 0.05) is 6.42 Å². The number of benzene rings is 3. The molecule has 0 saturated carbocycles. The van der Waals surface area contributed by atoms with Crippen molar-refractivity contribution in [2.75, 3.05) is 10.9 Å². The van der Waals surface area contributed by atoms with Crippen molar-refractivity contribution in [3.63, 3.8) is 0 Å². The van der Waals surface area contributed by atoms with Crippen molar-refractivity contribution in [1.82, 2.24) is 0 Å². The lowest BCUT2D eigenvalue weighted by molar-refractivity contribution is -0.117. The van der Waals surface area contributed by atoms with Gasteiger partial charge in [0.2, 0.25) is 5.91 Å². The first-order valence-electron chi connectivity index (χ1n) is 10.0. The van der Waals surface area contributed by atoms with Gasteiger partial charge >= 0.3 is 0 Å². The van der Waals surface area contributed by atoms with Gasteiger partial charge in [-0.3, -0.25) is 4.79 Å². The molecular weight excluding hydrogens is 478 g/mol. The van der Waals surface area contributed by atoms with E-state index in [4.69, 9.17) is 4.74 Å². The molecule has 0 fully saturated rings. The summed E-state index contributed by atoms with van der Waals surface area (Å²) in [4.78, 5) is 13.1. The minimum atomic E-state index is -4.02. The molecule has 0 aliphatic heterocycles. The molecule has 0 heterocycles. The van der Waals surface area contributed by atoms with Crippen LogP contribution in [0, 0.1) is 0 Å². The molecule has 0 bridgehead atoms. The number of anilines is 1. The summed E-state index contributed by atoms with van der Waals surface area (Å²) in [7, 11) is -4.02. The number of hydrogen-bond acceptors (Lipinski definition) is 4. The zero-order chi connectivity index (χ0) is 22.3. The van der Waals surface area contributed by atoms with Crippen molar-refractivity contribution in [3.05, 3.63) is 88.9 Å². The molecule has 31 heavy (non-hydrogen) atoms. The highest BCUT2D eigenvalue weighted by atomic mass is 79.9. The van der Waals surface area contributed by atoms with Gasteiger partial charge in [0.15, 0.2) is 0 Å². The Morgan fingerprint density at radius 2 is 1.61 bits per heavy atom. The maximum Gasteiger partial charge on any atom is 0.270 e. The number of nitrogens with zero attached hydrogens (tertiary/aromatic N) is 1. The van der Waals surface area contributed by atoms with E-state index in [1.54, 1.807) is 48.5 Å². The highest BCUT2D eigenvalue weighted by Gasteiger charge is 2.30. The zero-order valence-electron chi connectivity index (χ0n) is 17.2. The molecule has 0 aromatic heterocycles. The normalized spacial score (nSPS) is 11.2. The summed E-state index contributed by atoms with van der Waals surface area (Å²) in [6, 6.07) is 22.3. The topological polar surface area (TPSA) is 63.7 Å². The van der Waals surface area contributed by atoms with Crippen LogP contribution in [0.2, 0.25) is 0 Å². The molecule has 3 aromatic carbocycles. The van der Waals surface area contributed by atoms with Crippen molar-refractivity contribution >= 4 is 37.5 Å². The standard InChI is InChI=1S/C24H24BrNO4S/c1-2-19-15-16-23(22(25)18-19)30-17-9-14-24(27)26(20-10-5-3-6-11-20)31(28,29)21-12-7-4-8-13-21/h3-8,10-13,15-16,18H,2,9,14,17H2,1H3. The first-order valence-corrected chi connectivity index (χ1v) is 12.3. The Labute approximate surface area is 191 Å². The molecule has 3 rings (SSSR count). The van der Waals surface area contributed by atoms with E-state index in [1.807, 2.05) is 18.2 Å². The summed E-state index contributed by atoms with van der Waals surface area (Å²) in [5, 5.41) is 0. The maximum absolute atomic E-state index is 13.2. The van der Waals surface area contributed by atoms with Crippen molar-refractivity contribution in [2.45, 2.75) is 31.1 Å². The van der Waals surface area contributed by atoms with Gasteiger partial charge in [-0.05, 0) is 70.7 Å². The third-order valence-electron chi connectivity index (χ3n) is 4.70. The maximum atomic E-state index is 13.2. The Morgan fingerprint density at radius 3 is 2.23 bits per heavy atom. The summed E-state index contributed by atoms with van der Waals surface area (Å²) in [6.45, 7) is 2.37.